The minimum Gasteiger partial charge on any atom is -0.352 e. The quantitative estimate of drug-likeness (QED) is 0.556. The number of hydrogen-bond donors (Lipinski definition) is 4. The first-order chi connectivity index (χ1) is 10.5. The highest BCUT2D eigenvalue weighted by molar-refractivity contribution is 7.98. The van der Waals surface area contributed by atoms with Gasteiger partial charge in [0.2, 0.25) is 5.91 Å². The SMILES string of the molecule is CCC[C@@H](C)c1cc(NC(=O)[C@H](CCSC)NC(N)=O)n[nH]1. The van der Waals surface area contributed by atoms with Crippen molar-refractivity contribution >= 4 is 29.5 Å². The zero-order valence-corrected chi connectivity index (χ0v) is 14.1. The number of carbonyl (C=O) groups is 2. The summed E-state index contributed by atoms with van der Waals surface area (Å²) in [4.78, 5) is 23.2. The van der Waals surface area contributed by atoms with E-state index in [9.17, 15) is 9.59 Å². The van der Waals surface area contributed by atoms with E-state index in [1.165, 1.54) is 0 Å². The number of thioether (sulfide) groups is 1. The van der Waals surface area contributed by atoms with Crippen LogP contribution in [0, 0.1) is 0 Å². The molecule has 0 aliphatic rings. The summed E-state index contributed by atoms with van der Waals surface area (Å²) < 4.78 is 0. The molecule has 1 aromatic heterocycles. The summed E-state index contributed by atoms with van der Waals surface area (Å²) in [6.07, 6.45) is 4.59. The van der Waals surface area contributed by atoms with Crippen molar-refractivity contribution < 1.29 is 9.59 Å². The van der Waals surface area contributed by atoms with E-state index in [4.69, 9.17) is 5.73 Å². The molecule has 0 saturated carbocycles. The lowest BCUT2D eigenvalue weighted by Crippen LogP contribution is -2.46. The molecule has 0 aliphatic heterocycles. The number of H-pyrrole nitrogens is 1. The zero-order chi connectivity index (χ0) is 16.5. The predicted octanol–water partition coefficient (Wildman–Crippen LogP) is 2.04. The molecule has 1 aromatic rings. The van der Waals surface area contributed by atoms with E-state index in [1.807, 2.05) is 12.3 Å². The number of aromatic nitrogens is 2. The number of aromatic amines is 1. The van der Waals surface area contributed by atoms with Gasteiger partial charge in [0.05, 0.1) is 0 Å². The largest absolute Gasteiger partial charge is 0.352 e. The first-order valence-electron chi connectivity index (χ1n) is 7.39. The Labute approximate surface area is 135 Å². The van der Waals surface area contributed by atoms with Crippen molar-refractivity contribution in [2.75, 3.05) is 17.3 Å². The highest BCUT2D eigenvalue weighted by Gasteiger charge is 2.20. The molecule has 0 aromatic carbocycles. The summed E-state index contributed by atoms with van der Waals surface area (Å²) in [5.74, 6) is 1.26. The van der Waals surface area contributed by atoms with E-state index in [0.717, 1.165) is 24.3 Å². The summed E-state index contributed by atoms with van der Waals surface area (Å²) in [5.41, 5.74) is 6.10. The topological polar surface area (TPSA) is 113 Å². The summed E-state index contributed by atoms with van der Waals surface area (Å²) in [6.45, 7) is 4.24. The van der Waals surface area contributed by atoms with Crippen LogP contribution in [0.25, 0.3) is 0 Å². The second-order valence-electron chi connectivity index (χ2n) is 5.23. The number of nitrogens with one attached hydrogen (secondary N) is 3. The molecule has 3 amide bonds. The van der Waals surface area contributed by atoms with E-state index >= 15 is 0 Å². The fraction of sp³-hybridized carbons (Fsp3) is 0.643. The Morgan fingerprint density at radius 2 is 2.18 bits per heavy atom. The Bertz CT molecular complexity index is 491. The third-order valence-electron chi connectivity index (χ3n) is 3.35. The van der Waals surface area contributed by atoms with Crippen LogP contribution in [-0.2, 0) is 4.79 Å². The summed E-state index contributed by atoms with van der Waals surface area (Å²) in [7, 11) is 0. The molecular weight excluding hydrogens is 302 g/mol. The molecule has 0 aliphatic carbocycles. The van der Waals surface area contributed by atoms with Gasteiger partial charge in [-0.15, -0.1) is 0 Å². The highest BCUT2D eigenvalue weighted by Crippen LogP contribution is 2.20. The Kier molecular flexibility index (Phi) is 7.79. The van der Waals surface area contributed by atoms with Crippen molar-refractivity contribution in [2.45, 2.75) is 45.1 Å². The number of hydrogen-bond acceptors (Lipinski definition) is 4. The average molecular weight is 327 g/mol. The number of nitrogens with zero attached hydrogens (tertiary/aromatic N) is 1. The first kappa shape index (κ1) is 18.3. The molecule has 0 fully saturated rings. The number of amides is 3. The normalized spacial score (nSPS) is 13.4. The van der Waals surface area contributed by atoms with Gasteiger partial charge in [-0.3, -0.25) is 9.89 Å². The molecular formula is C14H25N5O2S. The monoisotopic (exact) mass is 327 g/mol. The van der Waals surface area contributed by atoms with E-state index in [2.05, 4.69) is 34.7 Å². The van der Waals surface area contributed by atoms with Crippen LogP contribution in [-0.4, -0.2) is 40.2 Å². The second-order valence-corrected chi connectivity index (χ2v) is 6.22. The minimum atomic E-state index is -0.708. The number of rotatable bonds is 9. The average Bonchev–Trinajstić information content (AvgIpc) is 2.91. The van der Waals surface area contributed by atoms with Gasteiger partial charge in [0.25, 0.3) is 0 Å². The maximum absolute atomic E-state index is 12.2. The maximum Gasteiger partial charge on any atom is 0.312 e. The van der Waals surface area contributed by atoms with Crippen LogP contribution in [0.15, 0.2) is 6.07 Å². The van der Waals surface area contributed by atoms with Gasteiger partial charge in [0.1, 0.15) is 6.04 Å². The predicted molar refractivity (Wildman–Crippen MR) is 90.0 cm³/mol. The molecule has 1 rings (SSSR count). The molecule has 0 unspecified atom stereocenters. The smallest absolute Gasteiger partial charge is 0.312 e. The van der Waals surface area contributed by atoms with Crippen LogP contribution < -0.4 is 16.4 Å². The first-order valence-corrected chi connectivity index (χ1v) is 8.78. The van der Waals surface area contributed by atoms with Gasteiger partial charge in [-0.2, -0.15) is 16.9 Å². The lowest BCUT2D eigenvalue weighted by Gasteiger charge is -2.15. The van der Waals surface area contributed by atoms with E-state index in [1.54, 1.807) is 11.8 Å². The van der Waals surface area contributed by atoms with Crippen molar-refractivity contribution in [1.29, 1.82) is 0 Å². The highest BCUT2D eigenvalue weighted by atomic mass is 32.2. The number of anilines is 1. The van der Waals surface area contributed by atoms with Crippen LogP contribution >= 0.6 is 11.8 Å². The van der Waals surface area contributed by atoms with Crippen molar-refractivity contribution in [3.05, 3.63) is 11.8 Å². The summed E-state index contributed by atoms with van der Waals surface area (Å²) in [6, 6.07) is 0.465. The Morgan fingerprint density at radius 1 is 1.45 bits per heavy atom. The second kappa shape index (κ2) is 9.34. The number of urea groups is 1. The molecule has 1 heterocycles. The lowest BCUT2D eigenvalue weighted by molar-refractivity contribution is -0.118. The molecule has 0 saturated heterocycles. The van der Waals surface area contributed by atoms with Gasteiger partial charge < -0.3 is 16.4 Å². The standard InChI is InChI=1S/C14H25N5O2S/c1-4-5-9(2)11-8-12(19-18-11)17-13(20)10(6-7-22-3)16-14(15)21/h8-10H,4-7H2,1-3H3,(H3,15,16,21)(H2,17,18,19,20)/t9-,10+/m1/s1. The van der Waals surface area contributed by atoms with Gasteiger partial charge in [-0.05, 0) is 30.8 Å². The van der Waals surface area contributed by atoms with E-state index < -0.39 is 12.1 Å². The third-order valence-corrected chi connectivity index (χ3v) is 3.99. The molecule has 0 radical (unpaired) electrons. The molecule has 5 N–H and O–H groups in total. The fourth-order valence-corrected chi connectivity index (χ4v) is 2.60. The van der Waals surface area contributed by atoms with Crippen molar-refractivity contribution in [3.63, 3.8) is 0 Å². The summed E-state index contributed by atoms with van der Waals surface area (Å²) in [5, 5.41) is 12.2. The van der Waals surface area contributed by atoms with Gasteiger partial charge >= 0.3 is 6.03 Å². The van der Waals surface area contributed by atoms with Crippen molar-refractivity contribution in [2.24, 2.45) is 5.73 Å². The van der Waals surface area contributed by atoms with Crippen LogP contribution in [0.5, 0.6) is 0 Å². The number of carbonyl (C=O) groups excluding carboxylic acids is 2. The molecule has 0 spiro atoms. The Morgan fingerprint density at radius 3 is 2.77 bits per heavy atom. The molecule has 22 heavy (non-hydrogen) atoms. The van der Waals surface area contributed by atoms with Gasteiger partial charge in [0.15, 0.2) is 5.82 Å². The maximum atomic E-state index is 12.2. The van der Waals surface area contributed by atoms with Gasteiger partial charge in [-0.1, -0.05) is 20.3 Å². The molecule has 8 heteroatoms. The molecule has 2 atom stereocenters. The van der Waals surface area contributed by atoms with Crippen LogP contribution in [0.3, 0.4) is 0 Å². The fourth-order valence-electron chi connectivity index (χ4n) is 2.13. The van der Waals surface area contributed by atoms with E-state index in [0.29, 0.717) is 18.2 Å². The number of primary amides is 1. The Hall–Kier alpha value is -1.70. The lowest BCUT2D eigenvalue weighted by atomic mass is 10.0. The van der Waals surface area contributed by atoms with E-state index in [-0.39, 0.29) is 5.91 Å². The summed E-state index contributed by atoms with van der Waals surface area (Å²) >= 11 is 1.60. The minimum absolute atomic E-state index is 0.311. The van der Waals surface area contributed by atoms with Gasteiger partial charge in [-0.25, -0.2) is 4.79 Å². The molecule has 124 valence electrons. The molecule has 0 bridgehead atoms. The van der Waals surface area contributed by atoms with Crippen LogP contribution in [0.2, 0.25) is 0 Å². The zero-order valence-electron chi connectivity index (χ0n) is 13.3. The third kappa shape index (κ3) is 5.97. The Balaban J connectivity index is 2.66. The molecule has 7 nitrogen and oxygen atoms in total. The van der Waals surface area contributed by atoms with Crippen molar-refractivity contribution in [1.82, 2.24) is 15.5 Å². The number of nitrogens with two attached hydrogens (primary N) is 1. The van der Waals surface area contributed by atoms with Crippen LogP contribution in [0.4, 0.5) is 10.6 Å². The van der Waals surface area contributed by atoms with Gasteiger partial charge in [0, 0.05) is 11.8 Å². The van der Waals surface area contributed by atoms with Crippen LogP contribution in [0.1, 0.15) is 44.7 Å². The van der Waals surface area contributed by atoms with Crippen molar-refractivity contribution in [3.8, 4) is 0 Å².